The minimum Gasteiger partial charge on any atom is -0.468 e. The fourth-order valence-electron chi connectivity index (χ4n) is 3.33. The molecule has 0 aromatic carbocycles. The van der Waals surface area contributed by atoms with Gasteiger partial charge in [-0.1, -0.05) is 19.3 Å². The summed E-state index contributed by atoms with van der Waals surface area (Å²) in [7, 11) is 0. The number of furan rings is 1. The van der Waals surface area contributed by atoms with Gasteiger partial charge >= 0.3 is 0 Å². The molecule has 0 bridgehead atoms. The summed E-state index contributed by atoms with van der Waals surface area (Å²) in [6, 6.07) is 5.69. The van der Waals surface area contributed by atoms with Crippen molar-refractivity contribution in [1.29, 1.82) is 0 Å². The number of rotatable bonds is 8. The highest BCUT2D eigenvalue weighted by atomic mass is 16.3. The smallest absolute Gasteiger partial charge is 0.117 e. The van der Waals surface area contributed by atoms with Crippen molar-refractivity contribution in [3.8, 4) is 0 Å². The van der Waals surface area contributed by atoms with Crippen LogP contribution in [0.4, 0.5) is 0 Å². The topological polar surface area (TPSA) is 28.4 Å². The Morgan fingerprint density at radius 1 is 1.15 bits per heavy atom. The maximum atomic E-state index is 5.49. The fourth-order valence-corrected chi connectivity index (χ4v) is 3.33. The third-order valence-corrected chi connectivity index (χ3v) is 4.66. The van der Waals surface area contributed by atoms with Gasteiger partial charge in [-0.05, 0) is 50.8 Å². The van der Waals surface area contributed by atoms with E-state index in [1.54, 1.807) is 6.26 Å². The quantitative estimate of drug-likeness (QED) is 0.736. The van der Waals surface area contributed by atoms with E-state index in [0.717, 1.165) is 24.4 Å². The van der Waals surface area contributed by atoms with Gasteiger partial charge in [-0.25, -0.2) is 0 Å². The van der Waals surface area contributed by atoms with Crippen LogP contribution in [0.2, 0.25) is 0 Å². The molecule has 3 rings (SSSR count). The van der Waals surface area contributed by atoms with Crippen molar-refractivity contribution in [3.63, 3.8) is 0 Å². The summed E-state index contributed by atoms with van der Waals surface area (Å²) in [5.41, 5.74) is 0. The van der Waals surface area contributed by atoms with Crippen molar-refractivity contribution in [2.45, 2.75) is 70.0 Å². The van der Waals surface area contributed by atoms with Crippen LogP contribution in [-0.4, -0.2) is 30.1 Å². The summed E-state index contributed by atoms with van der Waals surface area (Å²) in [4.78, 5) is 2.60. The van der Waals surface area contributed by atoms with Crippen LogP contribution in [-0.2, 0) is 6.54 Å². The lowest BCUT2D eigenvalue weighted by Crippen LogP contribution is -2.34. The molecular formula is C17H28N2O. The van der Waals surface area contributed by atoms with Gasteiger partial charge in [0.1, 0.15) is 5.76 Å². The Bertz CT molecular complexity index is 366. The number of hydrogen-bond donors (Lipinski definition) is 1. The van der Waals surface area contributed by atoms with Crippen molar-refractivity contribution in [2.75, 3.05) is 13.1 Å². The van der Waals surface area contributed by atoms with E-state index in [-0.39, 0.29) is 0 Å². The minimum atomic E-state index is 0.795. The van der Waals surface area contributed by atoms with E-state index in [4.69, 9.17) is 4.42 Å². The molecule has 1 aromatic rings. The molecule has 2 fully saturated rings. The average molecular weight is 276 g/mol. The monoisotopic (exact) mass is 276 g/mol. The summed E-state index contributed by atoms with van der Waals surface area (Å²) >= 11 is 0. The Balaban J connectivity index is 1.34. The molecule has 2 aliphatic carbocycles. The van der Waals surface area contributed by atoms with E-state index in [1.807, 2.05) is 6.07 Å². The first-order valence-corrected chi connectivity index (χ1v) is 8.41. The van der Waals surface area contributed by atoms with Gasteiger partial charge in [-0.2, -0.15) is 0 Å². The first kappa shape index (κ1) is 14.2. The van der Waals surface area contributed by atoms with E-state index in [9.17, 15) is 0 Å². The van der Waals surface area contributed by atoms with Gasteiger partial charge in [0, 0.05) is 18.6 Å². The van der Waals surface area contributed by atoms with Gasteiger partial charge in [0.15, 0.2) is 0 Å². The summed E-state index contributed by atoms with van der Waals surface area (Å²) in [6.07, 6.45) is 12.8. The Hall–Kier alpha value is -0.800. The van der Waals surface area contributed by atoms with E-state index in [0.29, 0.717) is 0 Å². The van der Waals surface area contributed by atoms with Crippen molar-refractivity contribution in [2.24, 2.45) is 0 Å². The van der Waals surface area contributed by atoms with Crippen molar-refractivity contribution in [1.82, 2.24) is 10.2 Å². The standard InChI is InChI=1S/C17H28N2O/c1-2-6-15(7-3-1)18-11-5-12-19(16-9-10-16)14-17-8-4-13-20-17/h4,8,13,15-16,18H,1-3,5-7,9-12,14H2. The van der Waals surface area contributed by atoms with Gasteiger partial charge in [0.2, 0.25) is 0 Å². The second kappa shape index (κ2) is 7.28. The largest absolute Gasteiger partial charge is 0.468 e. The highest BCUT2D eigenvalue weighted by Crippen LogP contribution is 2.28. The lowest BCUT2D eigenvalue weighted by atomic mass is 9.95. The van der Waals surface area contributed by atoms with Gasteiger partial charge in [-0.3, -0.25) is 4.90 Å². The highest BCUT2D eigenvalue weighted by molar-refractivity contribution is 4.99. The zero-order valence-electron chi connectivity index (χ0n) is 12.5. The van der Waals surface area contributed by atoms with Crippen molar-refractivity contribution >= 4 is 0 Å². The number of nitrogens with one attached hydrogen (secondary N) is 1. The van der Waals surface area contributed by atoms with Crippen LogP contribution >= 0.6 is 0 Å². The molecular weight excluding hydrogens is 248 g/mol. The molecule has 3 nitrogen and oxygen atoms in total. The molecule has 0 atom stereocenters. The number of hydrogen-bond acceptors (Lipinski definition) is 3. The molecule has 20 heavy (non-hydrogen) atoms. The van der Waals surface area contributed by atoms with Gasteiger partial charge in [0.25, 0.3) is 0 Å². The third-order valence-electron chi connectivity index (χ3n) is 4.66. The van der Waals surface area contributed by atoms with Gasteiger partial charge < -0.3 is 9.73 Å². The zero-order valence-corrected chi connectivity index (χ0v) is 12.5. The molecule has 3 heteroatoms. The predicted octanol–water partition coefficient (Wildman–Crippen LogP) is 3.56. The zero-order chi connectivity index (χ0) is 13.6. The maximum absolute atomic E-state index is 5.49. The molecule has 0 radical (unpaired) electrons. The second-order valence-electron chi connectivity index (χ2n) is 6.42. The lowest BCUT2D eigenvalue weighted by Gasteiger charge is -2.24. The van der Waals surface area contributed by atoms with Gasteiger partial charge in [0.05, 0.1) is 12.8 Å². The highest BCUT2D eigenvalue weighted by Gasteiger charge is 2.29. The van der Waals surface area contributed by atoms with Crippen LogP contribution < -0.4 is 5.32 Å². The van der Waals surface area contributed by atoms with E-state index < -0.39 is 0 Å². The van der Waals surface area contributed by atoms with E-state index in [1.165, 1.54) is 64.5 Å². The first-order valence-electron chi connectivity index (χ1n) is 8.41. The molecule has 0 spiro atoms. The molecule has 0 unspecified atom stereocenters. The molecule has 2 saturated carbocycles. The van der Waals surface area contributed by atoms with Crippen LogP contribution in [0.1, 0.15) is 57.1 Å². The van der Waals surface area contributed by atoms with Crippen LogP contribution in [0.5, 0.6) is 0 Å². The Kier molecular flexibility index (Phi) is 5.15. The normalized spacial score (nSPS) is 20.6. The molecule has 1 aromatic heterocycles. The molecule has 2 aliphatic rings. The van der Waals surface area contributed by atoms with Crippen LogP contribution in [0, 0.1) is 0 Å². The minimum absolute atomic E-state index is 0.795. The molecule has 1 heterocycles. The van der Waals surface area contributed by atoms with Crippen LogP contribution in [0.15, 0.2) is 22.8 Å². The summed E-state index contributed by atoms with van der Waals surface area (Å²) in [5, 5.41) is 3.75. The Morgan fingerprint density at radius 3 is 2.70 bits per heavy atom. The summed E-state index contributed by atoms with van der Waals surface area (Å²) < 4.78 is 5.49. The Labute approximate surface area is 122 Å². The molecule has 0 amide bonds. The Morgan fingerprint density at radius 2 is 2.00 bits per heavy atom. The van der Waals surface area contributed by atoms with Crippen molar-refractivity contribution in [3.05, 3.63) is 24.2 Å². The fraction of sp³-hybridized carbons (Fsp3) is 0.765. The molecule has 0 saturated heterocycles. The summed E-state index contributed by atoms with van der Waals surface area (Å²) in [6.45, 7) is 3.36. The third kappa shape index (κ3) is 4.35. The predicted molar refractivity (Wildman–Crippen MR) is 81.6 cm³/mol. The molecule has 112 valence electrons. The van der Waals surface area contributed by atoms with Crippen LogP contribution in [0.25, 0.3) is 0 Å². The first-order chi connectivity index (χ1) is 9.92. The molecule has 1 N–H and O–H groups in total. The van der Waals surface area contributed by atoms with Crippen molar-refractivity contribution < 1.29 is 4.42 Å². The second-order valence-corrected chi connectivity index (χ2v) is 6.42. The van der Waals surface area contributed by atoms with E-state index in [2.05, 4.69) is 16.3 Å². The average Bonchev–Trinajstić information content (AvgIpc) is 3.21. The summed E-state index contributed by atoms with van der Waals surface area (Å²) in [5.74, 6) is 1.11. The lowest BCUT2D eigenvalue weighted by molar-refractivity contribution is 0.227. The van der Waals surface area contributed by atoms with Gasteiger partial charge in [-0.15, -0.1) is 0 Å². The SMILES string of the molecule is c1coc(CN(CCCNC2CCCCC2)C2CC2)c1. The van der Waals surface area contributed by atoms with E-state index >= 15 is 0 Å². The maximum Gasteiger partial charge on any atom is 0.117 e. The van der Waals surface area contributed by atoms with Crippen LogP contribution in [0.3, 0.4) is 0 Å². The number of nitrogens with zero attached hydrogens (tertiary/aromatic N) is 1. The molecule has 0 aliphatic heterocycles.